The molecule has 4 heterocycles. The highest BCUT2D eigenvalue weighted by molar-refractivity contribution is 7.10. The molecule has 3 aliphatic rings. The van der Waals surface area contributed by atoms with Gasteiger partial charge in [0, 0.05) is 50.1 Å². The van der Waals surface area contributed by atoms with E-state index in [0.29, 0.717) is 18.4 Å². The fourth-order valence-electron chi connectivity index (χ4n) is 5.67. The Labute approximate surface area is 208 Å². The number of rotatable bonds is 6. The first-order valence-electron chi connectivity index (χ1n) is 11.6. The number of carbonyl (C=O) groups is 1. The van der Waals surface area contributed by atoms with Crippen molar-refractivity contribution in [2.45, 2.75) is 51.2 Å². The van der Waals surface area contributed by atoms with E-state index in [9.17, 15) is 4.79 Å². The van der Waals surface area contributed by atoms with Crippen molar-refractivity contribution in [1.29, 1.82) is 0 Å². The van der Waals surface area contributed by atoms with Crippen molar-refractivity contribution in [3.8, 4) is 0 Å². The number of nitrogens with one attached hydrogen (secondary N) is 1. The van der Waals surface area contributed by atoms with E-state index in [1.807, 2.05) is 11.3 Å². The zero-order valence-electron chi connectivity index (χ0n) is 18.6. The molecule has 1 aromatic heterocycles. The van der Waals surface area contributed by atoms with E-state index in [4.69, 9.17) is 0 Å². The van der Waals surface area contributed by atoms with Crippen molar-refractivity contribution < 1.29 is 4.79 Å². The van der Waals surface area contributed by atoms with Gasteiger partial charge in [-0.3, -0.25) is 9.69 Å². The van der Waals surface area contributed by atoms with Gasteiger partial charge < -0.3 is 10.2 Å². The normalized spacial score (nSPS) is 24.8. The summed E-state index contributed by atoms with van der Waals surface area (Å²) in [6, 6.07) is 13.6. The molecule has 0 radical (unpaired) electrons. The van der Waals surface area contributed by atoms with Crippen LogP contribution >= 0.6 is 36.2 Å². The Hall–Kier alpha value is -1.11. The summed E-state index contributed by atoms with van der Waals surface area (Å²) < 4.78 is 0. The number of hydrogen-bond acceptors (Lipinski definition) is 4. The predicted molar refractivity (Wildman–Crippen MR) is 137 cm³/mol. The van der Waals surface area contributed by atoms with Gasteiger partial charge in [0.15, 0.2) is 0 Å². The second kappa shape index (κ2) is 11.8. The summed E-state index contributed by atoms with van der Waals surface area (Å²) in [7, 11) is 0. The Morgan fingerprint density at radius 2 is 1.97 bits per heavy atom. The van der Waals surface area contributed by atoms with Gasteiger partial charge in [0.1, 0.15) is 0 Å². The number of thiophene rings is 1. The number of likely N-dealkylation sites (tertiary alicyclic amines) is 1. The Morgan fingerprint density at radius 1 is 1.12 bits per heavy atom. The Bertz CT molecular complexity index is 862. The molecule has 2 aromatic rings. The van der Waals surface area contributed by atoms with E-state index in [-0.39, 0.29) is 24.8 Å². The van der Waals surface area contributed by atoms with Crippen LogP contribution in [0.1, 0.15) is 41.7 Å². The number of hydrogen-bond donors (Lipinski definition) is 1. The molecule has 176 valence electrons. The highest BCUT2D eigenvalue weighted by Crippen LogP contribution is 2.31. The van der Waals surface area contributed by atoms with Crippen LogP contribution in [-0.2, 0) is 24.3 Å². The Balaban J connectivity index is 0.00000144. The molecule has 0 aliphatic carbocycles. The van der Waals surface area contributed by atoms with Gasteiger partial charge >= 0.3 is 0 Å². The van der Waals surface area contributed by atoms with E-state index in [1.54, 1.807) is 0 Å². The molecule has 3 atom stereocenters. The van der Waals surface area contributed by atoms with Crippen LogP contribution in [0.5, 0.6) is 0 Å². The minimum atomic E-state index is 0. The summed E-state index contributed by atoms with van der Waals surface area (Å²) in [5.41, 5.74) is 2.78. The highest BCUT2D eigenvalue weighted by Gasteiger charge is 2.36. The highest BCUT2D eigenvalue weighted by atomic mass is 35.5. The van der Waals surface area contributed by atoms with Gasteiger partial charge in [0.25, 0.3) is 0 Å². The molecular formula is C25H35Cl2N3OS. The quantitative estimate of drug-likeness (QED) is 0.627. The summed E-state index contributed by atoms with van der Waals surface area (Å²) in [6.45, 7) is 6.31. The van der Waals surface area contributed by atoms with E-state index < -0.39 is 0 Å². The third-order valence-electron chi connectivity index (χ3n) is 7.20. The van der Waals surface area contributed by atoms with Crippen LogP contribution in [0.3, 0.4) is 0 Å². The van der Waals surface area contributed by atoms with Gasteiger partial charge in [-0.1, -0.05) is 30.3 Å². The first-order valence-corrected chi connectivity index (χ1v) is 12.5. The van der Waals surface area contributed by atoms with Crippen LogP contribution in [0.15, 0.2) is 41.8 Å². The average molecular weight is 497 g/mol. The minimum Gasteiger partial charge on any atom is -0.338 e. The van der Waals surface area contributed by atoms with Crippen molar-refractivity contribution in [3.05, 3.63) is 57.8 Å². The van der Waals surface area contributed by atoms with Crippen LogP contribution in [0.4, 0.5) is 0 Å². The lowest BCUT2D eigenvalue weighted by Gasteiger charge is -2.46. The number of halogens is 2. The summed E-state index contributed by atoms with van der Waals surface area (Å²) in [5.74, 6) is 1.84. The third-order valence-corrected chi connectivity index (χ3v) is 8.22. The molecule has 5 rings (SSSR count). The first kappa shape index (κ1) is 25.5. The second-order valence-electron chi connectivity index (χ2n) is 9.38. The van der Waals surface area contributed by atoms with Crippen LogP contribution in [0.25, 0.3) is 0 Å². The smallest absolute Gasteiger partial charge is 0.222 e. The molecule has 2 fully saturated rings. The number of benzene rings is 1. The molecule has 32 heavy (non-hydrogen) atoms. The summed E-state index contributed by atoms with van der Waals surface area (Å²) in [6.07, 6.45) is 5.21. The fraction of sp³-hybridized carbons (Fsp3) is 0.560. The number of nitrogens with zero attached hydrogens (tertiary/aromatic N) is 2. The van der Waals surface area contributed by atoms with Crippen LogP contribution in [0, 0.1) is 11.8 Å². The zero-order valence-corrected chi connectivity index (χ0v) is 21.0. The zero-order chi connectivity index (χ0) is 20.3. The van der Waals surface area contributed by atoms with Crippen LogP contribution < -0.4 is 5.32 Å². The maximum absolute atomic E-state index is 12.7. The van der Waals surface area contributed by atoms with E-state index in [1.165, 1.54) is 35.5 Å². The van der Waals surface area contributed by atoms with Crippen LogP contribution in [0.2, 0.25) is 0 Å². The molecule has 2 bridgehead atoms. The summed E-state index contributed by atoms with van der Waals surface area (Å²) >= 11 is 1.83. The van der Waals surface area contributed by atoms with Gasteiger partial charge in [-0.25, -0.2) is 0 Å². The molecule has 1 N–H and O–H groups in total. The fourth-order valence-corrected chi connectivity index (χ4v) is 6.56. The van der Waals surface area contributed by atoms with Crippen molar-refractivity contribution in [2.24, 2.45) is 11.8 Å². The van der Waals surface area contributed by atoms with Crippen LogP contribution in [-0.4, -0.2) is 47.9 Å². The van der Waals surface area contributed by atoms with Crippen molar-refractivity contribution in [2.75, 3.05) is 26.2 Å². The molecular weight excluding hydrogens is 461 g/mol. The van der Waals surface area contributed by atoms with Crippen molar-refractivity contribution in [1.82, 2.24) is 15.1 Å². The van der Waals surface area contributed by atoms with E-state index in [0.717, 1.165) is 57.3 Å². The third kappa shape index (κ3) is 6.06. The largest absolute Gasteiger partial charge is 0.338 e. The molecule has 2 unspecified atom stereocenters. The number of fused-ring (bicyclic) bond motifs is 3. The lowest BCUT2D eigenvalue weighted by molar-refractivity contribution is -0.132. The van der Waals surface area contributed by atoms with Gasteiger partial charge in [-0.15, -0.1) is 36.2 Å². The SMILES string of the molecule is Cl.Cl.O=C(CCC[C@H]1NCC2CC1CN(Cc1ccccc1)C2)N1CCc2sccc2C1. The maximum atomic E-state index is 12.7. The topological polar surface area (TPSA) is 35.6 Å². The number of piperidine rings is 2. The minimum absolute atomic E-state index is 0. The molecule has 3 aliphatic heterocycles. The predicted octanol–water partition coefficient (Wildman–Crippen LogP) is 4.76. The monoisotopic (exact) mass is 495 g/mol. The average Bonchev–Trinajstić information content (AvgIpc) is 3.24. The number of amides is 1. The standard InChI is InChI=1S/C25H33N3OS.2ClH/c29-25(28-11-9-24-21(18-28)10-12-30-24)8-4-7-23-22-13-20(14-26-23)16-27(17-22)15-19-5-2-1-3-6-19;;/h1-3,5-6,10,12,20,22-23,26H,4,7-9,11,13-18H2;2*1H/t20?,22?,23-;;/m1../s1. The Kier molecular flexibility index (Phi) is 9.44. The van der Waals surface area contributed by atoms with Crippen molar-refractivity contribution in [3.63, 3.8) is 0 Å². The molecule has 4 nitrogen and oxygen atoms in total. The molecule has 0 saturated carbocycles. The lowest BCUT2D eigenvalue weighted by atomic mass is 9.79. The summed E-state index contributed by atoms with van der Waals surface area (Å²) in [5, 5.41) is 5.98. The summed E-state index contributed by atoms with van der Waals surface area (Å²) in [4.78, 5) is 18.9. The maximum Gasteiger partial charge on any atom is 0.222 e. The Morgan fingerprint density at radius 3 is 2.81 bits per heavy atom. The molecule has 0 spiro atoms. The molecule has 1 aromatic carbocycles. The first-order chi connectivity index (χ1) is 14.7. The van der Waals surface area contributed by atoms with E-state index >= 15 is 0 Å². The van der Waals surface area contributed by atoms with Gasteiger partial charge in [0.05, 0.1) is 0 Å². The molecule has 1 amide bonds. The van der Waals surface area contributed by atoms with E-state index in [2.05, 4.69) is 56.9 Å². The van der Waals surface area contributed by atoms with Gasteiger partial charge in [-0.2, -0.15) is 0 Å². The van der Waals surface area contributed by atoms with Crippen molar-refractivity contribution >= 4 is 42.1 Å². The lowest BCUT2D eigenvalue weighted by Crippen LogP contribution is -2.55. The number of carbonyl (C=O) groups excluding carboxylic acids is 1. The molecule has 7 heteroatoms. The van der Waals surface area contributed by atoms with Gasteiger partial charge in [-0.05, 0) is 66.6 Å². The molecule has 2 saturated heterocycles. The second-order valence-corrected chi connectivity index (χ2v) is 10.4. The van der Waals surface area contributed by atoms with Gasteiger partial charge in [0.2, 0.25) is 5.91 Å².